The van der Waals surface area contributed by atoms with Gasteiger partial charge in [0.2, 0.25) is 0 Å². The highest BCUT2D eigenvalue weighted by Gasteiger charge is 2.27. The average Bonchev–Trinajstić information content (AvgIpc) is 2.43. The Balaban J connectivity index is 0.00000529. The summed E-state index contributed by atoms with van der Waals surface area (Å²) in [6, 6.07) is 7.21. The van der Waals surface area contributed by atoms with Crippen molar-refractivity contribution in [2.24, 2.45) is 10.7 Å². The van der Waals surface area contributed by atoms with Crippen molar-refractivity contribution in [2.45, 2.75) is 32.5 Å². The standard InChI is InChI=1S/C15H22F3N3O2.HI/c1-11(2)23-13-6-4-12(5-7-13)21-14(19)20-8-3-9-22-10-15(16,17)18;/h4-7,11H,3,8-10H2,1-2H3,(H3,19,20,21);1H. The Morgan fingerprint density at radius 1 is 1.25 bits per heavy atom. The predicted molar refractivity (Wildman–Crippen MR) is 99.2 cm³/mol. The van der Waals surface area contributed by atoms with Crippen molar-refractivity contribution in [1.82, 2.24) is 0 Å². The SMILES string of the molecule is CC(C)Oc1ccc(NC(N)=NCCCOCC(F)(F)F)cc1.I. The number of alkyl halides is 3. The minimum absolute atomic E-state index is 0. The van der Waals surface area contributed by atoms with E-state index in [-0.39, 0.29) is 49.2 Å². The van der Waals surface area contributed by atoms with Crippen molar-refractivity contribution >= 4 is 35.6 Å². The lowest BCUT2D eigenvalue weighted by Crippen LogP contribution is -2.23. The Labute approximate surface area is 156 Å². The van der Waals surface area contributed by atoms with E-state index in [1.54, 1.807) is 24.3 Å². The van der Waals surface area contributed by atoms with E-state index in [0.717, 1.165) is 11.4 Å². The lowest BCUT2D eigenvalue weighted by Gasteiger charge is -2.11. The van der Waals surface area contributed by atoms with Crippen LogP contribution in [0.15, 0.2) is 29.3 Å². The van der Waals surface area contributed by atoms with Crippen LogP contribution in [0, 0.1) is 0 Å². The molecule has 0 saturated carbocycles. The van der Waals surface area contributed by atoms with Gasteiger partial charge in [0.1, 0.15) is 12.4 Å². The van der Waals surface area contributed by atoms with Gasteiger partial charge in [0.15, 0.2) is 5.96 Å². The van der Waals surface area contributed by atoms with Gasteiger partial charge in [-0.05, 0) is 44.5 Å². The fraction of sp³-hybridized carbons (Fsp3) is 0.533. The number of aliphatic imine (C=N–C) groups is 1. The summed E-state index contributed by atoms with van der Waals surface area (Å²) < 4.78 is 45.5. The minimum atomic E-state index is -4.30. The molecule has 5 nitrogen and oxygen atoms in total. The molecule has 0 amide bonds. The van der Waals surface area contributed by atoms with E-state index in [1.807, 2.05) is 13.8 Å². The van der Waals surface area contributed by atoms with Gasteiger partial charge in [0, 0.05) is 18.8 Å². The van der Waals surface area contributed by atoms with Gasteiger partial charge in [0.05, 0.1) is 6.10 Å². The topological polar surface area (TPSA) is 68.9 Å². The number of rotatable bonds is 8. The van der Waals surface area contributed by atoms with Crippen LogP contribution in [0.1, 0.15) is 20.3 Å². The number of benzene rings is 1. The smallest absolute Gasteiger partial charge is 0.411 e. The normalized spacial score (nSPS) is 12.0. The number of ether oxygens (including phenoxy) is 2. The van der Waals surface area contributed by atoms with Gasteiger partial charge in [-0.2, -0.15) is 13.2 Å². The van der Waals surface area contributed by atoms with Gasteiger partial charge in [-0.25, -0.2) is 0 Å². The molecule has 0 aliphatic carbocycles. The highest BCUT2D eigenvalue weighted by atomic mass is 127. The van der Waals surface area contributed by atoms with Crippen LogP contribution in [0.5, 0.6) is 5.75 Å². The number of nitrogens with zero attached hydrogens (tertiary/aromatic N) is 1. The number of hydrogen-bond donors (Lipinski definition) is 2. The van der Waals surface area contributed by atoms with Crippen LogP contribution in [0.25, 0.3) is 0 Å². The van der Waals surface area contributed by atoms with Crippen LogP contribution in [-0.2, 0) is 4.74 Å². The third-order valence-electron chi connectivity index (χ3n) is 2.49. The first-order chi connectivity index (χ1) is 10.8. The zero-order valence-electron chi connectivity index (χ0n) is 13.6. The van der Waals surface area contributed by atoms with E-state index in [0.29, 0.717) is 6.42 Å². The fourth-order valence-corrected chi connectivity index (χ4v) is 1.63. The number of nitrogens with one attached hydrogen (secondary N) is 1. The van der Waals surface area contributed by atoms with Crippen LogP contribution in [-0.4, -0.2) is 38.0 Å². The van der Waals surface area contributed by atoms with Gasteiger partial charge in [-0.1, -0.05) is 0 Å². The maximum atomic E-state index is 11.8. The summed E-state index contributed by atoms with van der Waals surface area (Å²) in [5.74, 6) is 0.946. The Morgan fingerprint density at radius 2 is 1.88 bits per heavy atom. The molecular weight excluding hydrogens is 438 g/mol. The third-order valence-corrected chi connectivity index (χ3v) is 2.49. The Morgan fingerprint density at radius 3 is 2.42 bits per heavy atom. The van der Waals surface area contributed by atoms with Crippen LogP contribution in [0.2, 0.25) is 0 Å². The van der Waals surface area contributed by atoms with Crippen LogP contribution < -0.4 is 15.8 Å². The molecule has 9 heteroatoms. The number of halogens is 4. The average molecular weight is 461 g/mol. The molecule has 0 atom stereocenters. The van der Waals surface area contributed by atoms with E-state index in [1.165, 1.54) is 0 Å². The molecule has 1 aromatic carbocycles. The first-order valence-corrected chi connectivity index (χ1v) is 7.24. The van der Waals surface area contributed by atoms with Gasteiger partial charge in [0.25, 0.3) is 0 Å². The molecule has 0 saturated heterocycles. The summed E-state index contributed by atoms with van der Waals surface area (Å²) in [6.45, 7) is 2.91. The largest absolute Gasteiger partial charge is 0.491 e. The maximum Gasteiger partial charge on any atom is 0.411 e. The Kier molecular flexibility index (Phi) is 10.8. The lowest BCUT2D eigenvalue weighted by atomic mass is 10.3. The molecule has 0 spiro atoms. The summed E-state index contributed by atoms with van der Waals surface area (Å²) in [6.07, 6.45) is -3.84. The van der Waals surface area contributed by atoms with Crippen molar-refractivity contribution in [3.05, 3.63) is 24.3 Å². The summed E-state index contributed by atoms with van der Waals surface area (Å²) in [5.41, 5.74) is 6.44. The molecule has 0 radical (unpaired) electrons. The van der Waals surface area contributed by atoms with Gasteiger partial charge < -0.3 is 20.5 Å². The van der Waals surface area contributed by atoms with Crippen LogP contribution in [0.4, 0.5) is 18.9 Å². The minimum Gasteiger partial charge on any atom is -0.491 e. The maximum absolute atomic E-state index is 11.8. The van der Waals surface area contributed by atoms with Crippen molar-refractivity contribution in [2.75, 3.05) is 25.1 Å². The number of anilines is 1. The molecule has 3 N–H and O–H groups in total. The second-order valence-corrected chi connectivity index (χ2v) is 5.10. The molecule has 138 valence electrons. The predicted octanol–water partition coefficient (Wildman–Crippen LogP) is 3.79. The van der Waals surface area contributed by atoms with Crippen LogP contribution in [0.3, 0.4) is 0 Å². The highest BCUT2D eigenvalue weighted by Crippen LogP contribution is 2.16. The zero-order chi connectivity index (χ0) is 17.3. The first kappa shape index (κ1) is 22.8. The van der Waals surface area contributed by atoms with Gasteiger partial charge in [-0.15, -0.1) is 24.0 Å². The van der Waals surface area contributed by atoms with Crippen molar-refractivity contribution in [1.29, 1.82) is 0 Å². The summed E-state index contributed by atoms with van der Waals surface area (Å²) in [5, 5.41) is 2.89. The monoisotopic (exact) mass is 461 g/mol. The Hall–Kier alpha value is -1.23. The Bertz CT molecular complexity index is 494. The fourth-order valence-electron chi connectivity index (χ4n) is 1.63. The van der Waals surface area contributed by atoms with Crippen molar-refractivity contribution < 1.29 is 22.6 Å². The van der Waals surface area contributed by atoms with Crippen molar-refractivity contribution in [3.63, 3.8) is 0 Å². The van der Waals surface area contributed by atoms with E-state index in [4.69, 9.17) is 10.5 Å². The zero-order valence-corrected chi connectivity index (χ0v) is 15.9. The summed E-state index contributed by atoms with van der Waals surface area (Å²) in [7, 11) is 0. The number of nitrogens with two attached hydrogens (primary N) is 1. The van der Waals surface area contributed by atoms with E-state index >= 15 is 0 Å². The molecule has 0 heterocycles. The molecule has 1 aromatic rings. The molecule has 0 unspecified atom stereocenters. The van der Waals surface area contributed by atoms with Gasteiger partial charge in [-0.3, -0.25) is 4.99 Å². The van der Waals surface area contributed by atoms with Gasteiger partial charge >= 0.3 is 6.18 Å². The van der Waals surface area contributed by atoms with E-state index in [9.17, 15) is 13.2 Å². The molecule has 0 aromatic heterocycles. The molecule has 1 rings (SSSR count). The molecular formula is C15H23F3IN3O2. The quantitative estimate of drug-likeness (QED) is 0.268. The first-order valence-electron chi connectivity index (χ1n) is 7.24. The molecule has 0 aliphatic heterocycles. The molecule has 0 aliphatic rings. The molecule has 0 fully saturated rings. The van der Waals surface area contributed by atoms with E-state index in [2.05, 4.69) is 15.0 Å². The second-order valence-electron chi connectivity index (χ2n) is 5.10. The number of guanidine groups is 1. The van der Waals surface area contributed by atoms with Crippen LogP contribution >= 0.6 is 24.0 Å². The molecule has 24 heavy (non-hydrogen) atoms. The van der Waals surface area contributed by atoms with Crippen molar-refractivity contribution in [3.8, 4) is 5.75 Å². The lowest BCUT2D eigenvalue weighted by molar-refractivity contribution is -0.173. The number of hydrogen-bond acceptors (Lipinski definition) is 3. The molecule has 0 bridgehead atoms. The van der Waals surface area contributed by atoms with E-state index < -0.39 is 12.8 Å². The third kappa shape index (κ3) is 11.3. The highest BCUT2D eigenvalue weighted by molar-refractivity contribution is 14.0. The second kappa shape index (κ2) is 11.3. The summed E-state index contributed by atoms with van der Waals surface area (Å²) >= 11 is 0. The summed E-state index contributed by atoms with van der Waals surface area (Å²) in [4.78, 5) is 4.02.